The maximum atomic E-state index is 13.1. The summed E-state index contributed by atoms with van der Waals surface area (Å²) < 4.78 is 29.1. The highest BCUT2D eigenvalue weighted by Crippen LogP contribution is 2.33. The van der Waals surface area contributed by atoms with E-state index in [9.17, 15) is 13.2 Å². The van der Waals surface area contributed by atoms with E-state index >= 15 is 0 Å². The van der Waals surface area contributed by atoms with Gasteiger partial charge in [0.15, 0.2) is 0 Å². The van der Waals surface area contributed by atoms with Gasteiger partial charge in [-0.25, -0.2) is 23.1 Å². The molecule has 1 amide bonds. The van der Waals surface area contributed by atoms with Gasteiger partial charge in [0.1, 0.15) is 0 Å². The van der Waals surface area contributed by atoms with Gasteiger partial charge in [0.25, 0.3) is 0 Å². The molecule has 10 nitrogen and oxygen atoms in total. The molecule has 1 saturated carbocycles. The molecule has 4 aromatic rings. The predicted octanol–water partition coefficient (Wildman–Crippen LogP) is 5.04. The molecule has 2 atom stereocenters. The van der Waals surface area contributed by atoms with Gasteiger partial charge in [0, 0.05) is 53.1 Å². The van der Waals surface area contributed by atoms with Gasteiger partial charge in [-0.3, -0.25) is 4.79 Å². The van der Waals surface area contributed by atoms with Crippen molar-refractivity contribution in [1.82, 2.24) is 24.6 Å². The minimum atomic E-state index is -3.75. The molecule has 0 saturated heterocycles. The number of H-pyrrole nitrogens is 1. The highest BCUT2D eigenvalue weighted by molar-refractivity contribution is 7.89. The van der Waals surface area contributed by atoms with Crippen LogP contribution in [0.1, 0.15) is 25.7 Å². The summed E-state index contributed by atoms with van der Waals surface area (Å²) in [5.74, 6) is 0.173. The first-order valence-electron chi connectivity index (χ1n) is 13.8. The fraction of sp³-hybridized carbons (Fsp3) is 0.300. The second-order valence-electron chi connectivity index (χ2n) is 10.6. The first kappa shape index (κ1) is 29.7. The summed E-state index contributed by atoms with van der Waals surface area (Å²) in [6.07, 6.45) is 9.71. The number of nitrogens with zero attached hydrogens (tertiary/aromatic N) is 3. The Hall–Kier alpha value is -3.77. The topological polar surface area (TPSA) is 132 Å². The molecule has 1 aliphatic carbocycles. The predicted molar refractivity (Wildman–Crippen MR) is 167 cm³/mol. The number of aromatic nitrogens is 3. The summed E-state index contributed by atoms with van der Waals surface area (Å²) >= 11 is 6.48. The number of aromatic amines is 1. The molecule has 1 fully saturated rings. The van der Waals surface area contributed by atoms with E-state index in [2.05, 4.69) is 25.3 Å². The zero-order valence-electron chi connectivity index (χ0n) is 23.5. The number of carbonyl (C=O) groups excluding carboxylic acids is 1. The van der Waals surface area contributed by atoms with E-state index in [-0.39, 0.29) is 22.9 Å². The Bertz CT molecular complexity index is 1690. The molecule has 42 heavy (non-hydrogen) atoms. The Morgan fingerprint density at radius 1 is 1.12 bits per heavy atom. The van der Waals surface area contributed by atoms with Crippen molar-refractivity contribution in [2.24, 2.45) is 0 Å². The number of sulfonamides is 1. The Labute approximate surface area is 250 Å². The third-order valence-electron chi connectivity index (χ3n) is 7.09. The van der Waals surface area contributed by atoms with Crippen LogP contribution in [0.4, 0.5) is 11.6 Å². The van der Waals surface area contributed by atoms with Crippen LogP contribution in [0, 0.1) is 0 Å². The van der Waals surface area contributed by atoms with Crippen molar-refractivity contribution in [3.05, 3.63) is 78.1 Å². The molecule has 2 aromatic heterocycles. The molecule has 0 aliphatic heterocycles. The highest BCUT2D eigenvalue weighted by atomic mass is 35.5. The molecule has 2 aromatic carbocycles. The van der Waals surface area contributed by atoms with Crippen molar-refractivity contribution < 1.29 is 13.2 Å². The number of rotatable bonds is 10. The summed E-state index contributed by atoms with van der Waals surface area (Å²) in [4.78, 5) is 26.5. The number of carbonyl (C=O) groups is 1. The van der Waals surface area contributed by atoms with Gasteiger partial charge in [0.05, 0.1) is 21.8 Å². The van der Waals surface area contributed by atoms with Crippen molar-refractivity contribution in [2.75, 3.05) is 31.3 Å². The van der Waals surface area contributed by atoms with Crippen molar-refractivity contribution in [3.8, 4) is 11.3 Å². The molecular formula is C30H34ClN7O3S. The molecule has 5 rings (SSSR count). The van der Waals surface area contributed by atoms with Gasteiger partial charge in [-0.05, 0) is 70.1 Å². The van der Waals surface area contributed by atoms with Crippen LogP contribution < -0.4 is 15.4 Å². The summed E-state index contributed by atoms with van der Waals surface area (Å²) in [5.41, 5.74) is 3.03. The Morgan fingerprint density at radius 3 is 2.67 bits per heavy atom. The largest absolute Gasteiger partial charge is 0.360 e. The molecule has 220 valence electrons. The van der Waals surface area contributed by atoms with Gasteiger partial charge in [-0.1, -0.05) is 35.9 Å². The van der Waals surface area contributed by atoms with Crippen molar-refractivity contribution in [1.29, 1.82) is 0 Å². The molecule has 0 radical (unpaired) electrons. The fourth-order valence-electron chi connectivity index (χ4n) is 5.06. The number of para-hydroxylation sites is 1. The fourth-order valence-corrected chi connectivity index (χ4v) is 6.54. The van der Waals surface area contributed by atoms with Crippen LogP contribution in [0.2, 0.25) is 5.02 Å². The lowest BCUT2D eigenvalue weighted by molar-refractivity contribution is -0.111. The van der Waals surface area contributed by atoms with E-state index in [1.54, 1.807) is 24.4 Å². The molecule has 1 aliphatic rings. The number of benzene rings is 2. The van der Waals surface area contributed by atoms with E-state index in [1.807, 2.05) is 49.5 Å². The van der Waals surface area contributed by atoms with E-state index in [0.717, 1.165) is 35.7 Å². The van der Waals surface area contributed by atoms with Gasteiger partial charge in [-0.2, -0.15) is 0 Å². The first-order chi connectivity index (χ1) is 20.2. The Balaban J connectivity index is 1.21. The normalized spacial score (nSPS) is 17.6. The van der Waals surface area contributed by atoms with Gasteiger partial charge in [0.2, 0.25) is 21.9 Å². The zero-order valence-corrected chi connectivity index (χ0v) is 25.0. The molecule has 0 bridgehead atoms. The maximum Gasteiger partial charge on any atom is 0.248 e. The second-order valence-corrected chi connectivity index (χ2v) is 12.8. The molecule has 12 heteroatoms. The van der Waals surface area contributed by atoms with Crippen LogP contribution in [-0.4, -0.2) is 66.9 Å². The van der Waals surface area contributed by atoms with Crippen molar-refractivity contribution in [3.63, 3.8) is 0 Å². The van der Waals surface area contributed by atoms with E-state index in [1.165, 1.54) is 18.2 Å². The minimum absolute atomic E-state index is 0.0124. The van der Waals surface area contributed by atoms with E-state index in [0.29, 0.717) is 35.3 Å². The number of amides is 1. The van der Waals surface area contributed by atoms with Crippen LogP contribution in [0.3, 0.4) is 0 Å². The number of hydrogen-bond donors (Lipinski definition) is 4. The lowest BCUT2D eigenvalue weighted by Gasteiger charge is -2.30. The zero-order chi connectivity index (χ0) is 29.7. The number of halogens is 1. The average Bonchev–Trinajstić information content (AvgIpc) is 3.38. The lowest BCUT2D eigenvalue weighted by Crippen LogP contribution is -2.41. The minimum Gasteiger partial charge on any atom is -0.360 e. The first-order valence-corrected chi connectivity index (χ1v) is 15.6. The highest BCUT2D eigenvalue weighted by Gasteiger charge is 2.27. The van der Waals surface area contributed by atoms with Gasteiger partial charge >= 0.3 is 0 Å². The number of likely N-dealkylation sites (N-methyl/N-ethyl adjacent to an activating group) is 1. The van der Waals surface area contributed by atoms with Crippen LogP contribution in [-0.2, 0) is 14.8 Å². The summed E-state index contributed by atoms with van der Waals surface area (Å²) in [7, 11) is 0.0743. The summed E-state index contributed by atoms with van der Waals surface area (Å²) in [5, 5.41) is 7.59. The third-order valence-corrected chi connectivity index (χ3v) is 8.90. The number of anilines is 2. The second kappa shape index (κ2) is 13.0. The van der Waals surface area contributed by atoms with Gasteiger partial charge in [-0.15, -0.1) is 0 Å². The summed E-state index contributed by atoms with van der Waals surface area (Å²) in [6.45, 7) is 0.645. The van der Waals surface area contributed by atoms with E-state index < -0.39 is 10.0 Å². The standard InChI is InChI=1S/C30H34ClN7O3S/c1-38(2)16-6-11-28(39)34-20-12-14-23(15-13-20)42(40,41)37-22-8-5-7-21(17-22)35-30-33-19-26(31)29(36-30)25-18-32-27-10-4-3-9-24(25)27/h3-4,6,9-15,18-19,21-22,32,37H,5,7-8,16-17H2,1-2H3,(H,34,39)(H,33,35,36)/b11-6+/t21-,22+/m1/s1. The van der Waals surface area contributed by atoms with Crippen LogP contribution in [0.25, 0.3) is 22.2 Å². The number of hydrogen-bond acceptors (Lipinski definition) is 7. The molecule has 0 unspecified atom stereocenters. The van der Waals surface area contributed by atoms with Gasteiger partial charge < -0.3 is 20.5 Å². The number of fused-ring (bicyclic) bond motifs is 1. The Kier molecular flexibility index (Phi) is 9.22. The molecule has 2 heterocycles. The quantitative estimate of drug-likeness (QED) is 0.186. The smallest absolute Gasteiger partial charge is 0.248 e. The van der Waals surface area contributed by atoms with Crippen molar-refractivity contribution in [2.45, 2.75) is 42.7 Å². The lowest BCUT2D eigenvalue weighted by atomic mass is 9.92. The van der Waals surface area contributed by atoms with E-state index in [4.69, 9.17) is 16.6 Å². The SMILES string of the molecule is CN(C)C/C=C/C(=O)Nc1ccc(S(=O)(=O)N[C@H]2CCC[C@@H](Nc3ncc(Cl)c(-c4c[nH]c5ccccc45)n3)C2)cc1. The third kappa shape index (κ3) is 7.35. The van der Waals surface area contributed by atoms with Crippen molar-refractivity contribution >= 4 is 50.1 Å². The molecular weight excluding hydrogens is 574 g/mol. The Morgan fingerprint density at radius 2 is 1.88 bits per heavy atom. The average molecular weight is 608 g/mol. The van der Waals surface area contributed by atoms with Crippen LogP contribution in [0.15, 0.2) is 78.0 Å². The molecule has 4 N–H and O–H groups in total. The van der Waals surface area contributed by atoms with Crippen LogP contribution >= 0.6 is 11.6 Å². The monoisotopic (exact) mass is 607 g/mol. The molecule has 0 spiro atoms. The number of nitrogens with one attached hydrogen (secondary N) is 4. The van der Waals surface area contributed by atoms with Crippen LogP contribution in [0.5, 0.6) is 0 Å². The summed E-state index contributed by atoms with van der Waals surface area (Å²) in [6, 6.07) is 13.8. The maximum absolute atomic E-state index is 13.1.